The second-order valence-corrected chi connectivity index (χ2v) is 5.99. The second-order valence-electron chi connectivity index (χ2n) is 5.56. The van der Waals surface area contributed by atoms with Crippen molar-refractivity contribution in [1.29, 1.82) is 0 Å². The first-order chi connectivity index (χ1) is 11.9. The van der Waals surface area contributed by atoms with Crippen LogP contribution in [0.2, 0.25) is 5.02 Å². The van der Waals surface area contributed by atoms with E-state index in [-0.39, 0.29) is 18.4 Å². The molecule has 25 heavy (non-hydrogen) atoms. The van der Waals surface area contributed by atoms with Gasteiger partial charge in [0.25, 0.3) is 5.91 Å². The molecule has 0 unspecified atom stereocenters. The van der Waals surface area contributed by atoms with Crippen LogP contribution in [0.25, 0.3) is 0 Å². The molecule has 0 aliphatic rings. The number of halogens is 1. The van der Waals surface area contributed by atoms with E-state index in [0.29, 0.717) is 28.6 Å². The van der Waals surface area contributed by atoms with Gasteiger partial charge in [-0.3, -0.25) is 9.59 Å². The van der Waals surface area contributed by atoms with Gasteiger partial charge in [0.15, 0.2) is 0 Å². The molecule has 0 aromatic heterocycles. The van der Waals surface area contributed by atoms with Crippen molar-refractivity contribution in [2.75, 3.05) is 25.5 Å². The van der Waals surface area contributed by atoms with Crippen LogP contribution >= 0.6 is 11.6 Å². The van der Waals surface area contributed by atoms with Gasteiger partial charge < -0.3 is 15.0 Å². The van der Waals surface area contributed by atoms with E-state index in [2.05, 4.69) is 5.32 Å². The van der Waals surface area contributed by atoms with Crippen LogP contribution in [-0.2, 0) is 4.79 Å². The van der Waals surface area contributed by atoms with E-state index in [9.17, 15) is 9.59 Å². The summed E-state index contributed by atoms with van der Waals surface area (Å²) in [5, 5.41) is 3.35. The minimum absolute atomic E-state index is 0.0344. The summed E-state index contributed by atoms with van der Waals surface area (Å²) in [6.45, 7) is 4.10. The Balaban J connectivity index is 2.05. The third-order valence-electron chi connectivity index (χ3n) is 3.81. The number of ether oxygens (including phenoxy) is 1. The van der Waals surface area contributed by atoms with Crippen molar-refractivity contribution in [3.05, 3.63) is 58.6 Å². The predicted octanol–water partition coefficient (Wildman–Crippen LogP) is 3.76. The lowest BCUT2D eigenvalue weighted by Gasteiger charge is -2.21. The summed E-state index contributed by atoms with van der Waals surface area (Å²) in [6, 6.07) is 12.1. The topological polar surface area (TPSA) is 58.6 Å². The van der Waals surface area contributed by atoms with Crippen LogP contribution in [0.4, 0.5) is 5.69 Å². The number of methoxy groups -OCH3 is 1. The molecule has 2 aromatic carbocycles. The first-order valence-corrected chi connectivity index (χ1v) is 8.31. The average molecular weight is 361 g/mol. The van der Waals surface area contributed by atoms with Crippen LogP contribution in [0, 0.1) is 6.92 Å². The zero-order valence-corrected chi connectivity index (χ0v) is 15.3. The number of benzene rings is 2. The lowest BCUT2D eigenvalue weighted by Crippen LogP contribution is -2.37. The van der Waals surface area contributed by atoms with Crippen molar-refractivity contribution in [2.24, 2.45) is 0 Å². The van der Waals surface area contributed by atoms with Crippen LogP contribution in [0.1, 0.15) is 22.8 Å². The molecule has 6 heteroatoms. The van der Waals surface area contributed by atoms with E-state index in [1.807, 2.05) is 19.9 Å². The summed E-state index contributed by atoms with van der Waals surface area (Å²) in [4.78, 5) is 26.4. The van der Waals surface area contributed by atoms with Crippen LogP contribution in [-0.4, -0.2) is 36.9 Å². The quantitative estimate of drug-likeness (QED) is 0.853. The molecule has 2 aromatic rings. The Morgan fingerprint density at radius 1 is 1.16 bits per heavy atom. The molecular weight excluding hydrogens is 340 g/mol. The maximum Gasteiger partial charge on any atom is 0.254 e. The van der Waals surface area contributed by atoms with Gasteiger partial charge >= 0.3 is 0 Å². The number of carbonyl (C=O) groups excluding carboxylic acids is 2. The van der Waals surface area contributed by atoms with Gasteiger partial charge in [0.1, 0.15) is 12.3 Å². The third kappa shape index (κ3) is 4.97. The van der Waals surface area contributed by atoms with Gasteiger partial charge in [0.2, 0.25) is 5.91 Å². The zero-order chi connectivity index (χ0) is 18.4. The van der Waals surface area contributed by atoms with E-state index in [4.69, 9.17) is 16.3 Å². The van der Waals surface area contributed by atoms with Crippen LogP contribution in [0.3, 0.4) is 0 Å². The number of nitrogens with zero attached hydrogens (tertiary/aromatic N) is 1. The van der Waals surface area contributed by atoms with Crippen molar-refractivity contribution in [3.63, 3.8) is 0 Å². The molecule has 0 fully saturated rings. The van der Waals surface area contributed by atoms with Gasteiger partial charge in [-0.15, -0.1) is 0 Å². The highest BCUT2D eigenvalue weighted by Crippen LogP contribution is 2.20. The lowest BCUT2D eigenvalue weighted by atomic mass is 10.2. The van der Waals surface area contributed by atoms with Crippen LogP contribution in [0.5, 0.6) is 5.75 Å². The van der Waals surface area contributed by atoms with Gasteiger partial charge in [-0.2, -0.15) is 0 Å². The Hall–Kier alpha value is -2.53. The Morgan fingerprint density at radius 2 is 1.84 bits per heavy atom. The Morgan fingerprint density at radius 3 is 2.44 bits per heavy atom. The fourth-order valence-corrected chi connectivity index (χ4v) is 2.51. The summed E-state index contributed by atoms with van der Waals surface area (Å²) >= 11 is 5.96. The molecule has 0 saturated carbocycles. The largest absolute Gasteiger partial charge is 0.497 e. The molecule has 0 atom stereocenters. The first-order valence-electron chi connectivity index (χ1n) is 7.94. The molecule has 0 aliphatic heterocycles. The fourth-order valence-electron chi connectivity index (χ4n) is 2.34. The van der Waals surface area contributed by atoms with Crippen LogP contribution < -0.4 is 10.1 Å². The van der Waals surface area contributed by atoms with E-state index >= 15 is 0 Å². The average Bonchev–Trinajstić information content (AvgIpc) is 2.62. The van der Waals surface area contributed by atoms with Crippen molar-refractivity contribution < 1.29 is 14.3 Å². The maximum absolute atomic E-state index is 12.6. The first kappa shape index (κ1) is 18.8. The number of nitrogens with one attached hydrogen (secondary N) is 1. The van der Waals surface area contributed by atoms with Gasteiger partial charge in [-0.1, -0.05) is 17.7 Å². The molecule has 0 radical (unpaired) electrons. The number of amides is 2. The molecule has 1 N–H and O–H groups in total. The SMILES string of the molecule is CCN(CC(=O)Nc1cc(Cl)ccc1C)C(=O)c1ccc(OC)cc1. The summed E-state index contributed by atoms with van der Waals surface area (Å²) < 4.78 is 5.09. The molecule has 0 spiro atoms. The second kappa shape index (κ2) is 8.53. The van der Waals surface area contributed by atoms with Crippen molar-refractivity contribution in [2.45, 2.75) is 13.8 Å². The predicted molar refractivity (Wildman–Crippen MR) is 99.4 cm³/mol. The normalized spacial score (nSPS) is 10.2. The van der Waals surface area contributed by atoms with Crippen molar-refractivity contribution >= 4 is 29.1 Å². The minimum atomic E-state index is -0.269. The highest BCUT2D eigenvalue weighted by molar-refractivity contribution is 6.31. The lowest BCUT2D eigenvalue weighted by molar-refractivity contribution is -0.116. The Kier molecular flexibility index (Phi) is 6.42. The van der Waals surface area contributed by atoms with Gasteiger partial charge in [0.05, 0.1) is 7.11 Å². The van der Waals surface area contributed by atoms with E-state index < -0.39 is 0 Å². The summed E-state index contributed by atoms with van der Waals surface area (Å²) in [7, 11) is 1.57. The fraction of sp³-hybridized carbons (Fsp3) is 0.263. The van der Waals surface area contributed by atoms with E-state index in [0.717, 1.165) is 5.56 Å². The van der Waals surface area contributed by atoms with E-state index in [1.165, 1.54) is 4.90 Å². The van der Waals surface area contributed by atoms with Crippen LogP contribution in [0.15, 0.2) is 42.5 Å². The number of hydrogen-bond donors (Lipinski definition) is 1. The smallest absolute Gasteiger partial charge is 0.254 e. The molecule has 132 valence electrons. The minimum Gasteiger partial charge on any atom is -0.497 e. The number of anilines is 1. The number of hydrogen-bond acceptors (Lipinski definition) is 3. The van der Waals surface area contributed by atoms with E-state index in [1.54, 1.807) is 43.5 Å². The monoisotopic (exact) mass is 360 g/mol. The standard InChI is InChI=1S/C19H21ClN2O3/c1-4-22(19(24)14-6-9-16(25-3)10-7-14)12-18(23)21-17-11-15(20)8-5-13(17)2/h5-11H,4,12H2,1-3H3,(H,21,23). The molecule has 2 rings (SSSR count). The molecular formula is C19H21ClN2O3. The van der Waals surface area contributed by atoms with Gasteiger partial charge in [-0.25, -0.2) is 0 Å². The summed E-state index contributed by atoms with van der Waals surface area (Å²) in [5.41, 5.74) is 2.06. The highest BCUT2D eigenvalue weighted by atomic mass is 35.5. The Labute approximate surface area is 152 Å². The van der Waals surface area contributed by atoms with Gasteiger partial charge in [-0.05, 0) is 55.8 Å². The summed E-state index contributed by atoms with van der Waals surface area (Å²) in [5.74, 6) is 0.200. The Bertz CT molecular complexity index is 760. The third-order valence-corrected chi connectivity index (χ3v) is 4.05. The van der Waals surface area contributed by atoms with Crippen molar-refractivity contribution in [1.82, 2.24) is 4.90 Å². The zero-order valence-electron chi connectivity index (χ0n) is 14.5. The molecule has 0 aliphatic carbocycles. The highest BCUT2D eigenvalue weighted by Gasteiger charge is 2.18. The van der Waals surface area contributed by atoms with Gasteiger partial charge in [0, 0.05) is 22.8 Å². The molecule has 5 nitrogen and oxygen atoms in total. The number of carbonyl (C=O) groups is 2. The molecule has 0 bridgehead atoms. The number of aryl methyl sites for hydroxylation is 1. The number of rotatable bonds is 6. The molecule has 2 amide bonds. The molecule has 0 heterocycles. The molecule has 0 saturated heterocycles. The maximum atomic E-state index is 12.6. The number of likely N-dealkylation sites (N-methyl/N-ethyl adjacent to an activating group) is 1. The summed E-state index contributed by atoms with van der Waals surface area (Å²) in [6.07, 6.45) is 0. The van der Waals surface area contributed by atoms with Crippen molar-refractivity contribution in [3.8, 4) is 5.75 Å².